The van der Waals surface area contributed by atoms with Gasteiger partial charge in [0.25, 0.3) is 11.1 Å². The molecule has 0 aliphatic rings. The molecule has 7 aromatic rings. The van der Waals surface area contributed by atoms with Crippen LogP contribution < -0.4 is 16.9 Å². The van der Waals surface area contributed by atoms with Crippen molar-refractivity contribution in [3.05, 3.63) is 69.2 Å². The van der Waals surface area contributed by atoms with Gasteiger partial charge in [-0.15, -0.1) is 0 Å². The number of anilines is 1. The topological polar surface area (TPSA) is 82.9 Å². The summed E-state index contributed by atoms with van der Waals surface area (Å²) >= 11 is 0. The SMILES string of the molecule is Cn1c(=O)c2ccc3c4ccc5c(=O)nc(N)c6ccc(c7ccc(c2c37)n1C)c4c65. The third kappa shape index (κ3) is 1.74. The van der Waals surface area contributed by atoms with Crippen LogP contribution in [0.5, 0.6) is 0 Å². The maximum atomic E-state index is 13.0. The molecule has 0 fully saturated rings. The Morgan fingerprint density at radius 3 is 1.77 bits per heavy atom. The van der Waals surface area contributed by atoms with E-state index >= 15 is 0 Å². The third-order valence-electron chi connectivity index (χ3n) is 6.93. The van der Waals surface area contributed by atoms with E-state index in [4.69, 9.17) is 5.73 Å². The average Bonchev–Trinajstić information content (AvgIpc) is 2.78. The van der Waals surface area contributed by atoms with Crippen LogP contribution in [-0.2, 0) is 14.1 Å². The second-order valence-electron chi connectivity index (χ2n) is 8.27. The highest BCUT2D eigenvalue weighted by Gasteiger charge is 2.20. The summed E-state index contributed by atoms with van der Waals surface area (Å²) in [6.07, 6.45) is 0. The van der Waals surface area contributed by atoms with Crippen molar-refractivity contribution in [2.45, 2.75) is 0 Å². The van der Waals surface area contributed by atoms with Crippen LogP contribution in [0.25, 0.3) is 64.8 Å². The van der Waals surface area contributed by atoms with Gasteiger partial charge in [0, 0.05) is 35.6 Å². The van der Waals surface area contributed by atoms with Crippen LogP contribution in [0.1, 0.15) is 0 Å². The molecule has 0 amide bonds. The molecule has 7 rings (SSSR count). The van der Waals surface area contributed by atoms with Gasteiger partial charge in [-0.25, -0.2) is 0 Å². The Balaban J connectivity index is 1.90. The molecule has 0 bridgehead atoms. The summed E-state index contributed by atoms with van der Waals surface area (Å²) in [6, 6.07) is 15.9. The fraction of sp³-hybridized carbons (Fsp3) is 0.0800. The monoisotopic (exact) mass is 404 g/mol. The Morgan fingerprint density at radius 2 is 1.10 bits per heavy atom. The zero-order valence-electron chi connectivity index (χ0n) is 16.9. The number of fused-ring (bicyclic) bond motifs is 2. The van der Waals surface area contributed by atoms with Crippen molar-refractivity contribution >= 4 is 70.6 Å². The Labute approximate surface area is 174 Å². The summed E-state index contributed by atoms with van der Waals surface area (Å²) in [6.45, 7) is 0. The third-order valence-corrected chi connectivity index (χ3v) is 6.93. The summed E-state index contributed by atoms with van der Waals surface area (Å²) in [5.41, 5.74) is 6.79. The quantitative estimate of drug-likeness (QED) is 0.307. The van der Waals surface area contributed by atoms with Gasteiger partial charge in [-0.2, -0.15) is 4.98 Å². The lowest BCUT2D eigenvalue weighted by molar-refractivity contribution is 0.580. The predicted molar refractivity (Wildman–Crippen MR) is 127 cm³/mol. The Bertz CT molecular complexity index is 1990. The molecule has 0 spiro atoms. The molecule has 0 aliphatic carbocycles. The number of hydrogen-bond donors (Lipinski definition) is 1. The number of hydrogen-bond acceptors (Lipinski definition) is 4. The first-order valence-electron chi connectivity index (χ1n) is 10.1. The van der Waals surface area contributed by atoms with Crippen LogP contribution in [0.2, 0.25) is 0 Å². The second-order valence-corrected chi connectivity index (χ2v) is 8.27. The summed E-state index contributed by atoms with van der Waals surface area (Å²) in [7, 11) is 3.69. The number of benzene rings is 5. The first-order valence-corrected chi connectivity index (χ1v) is 10.1. The van der Waals surface area contributed by atoms with Gasteiger partial charge >= 0.3 is 0 Å². The van der Waals surface area contributed by atoms with Gasteiger partial charge in [-0.05, 0) is 51.2 Å². The van der Waals surface area contributed by atoms with Crippen molar-refractivity contribution in [1.29, 1.82) is 0 Å². The molecule has 0 unspecified atom stereocenters. The predicted octanol–water partition coefficient (Wildman–Crippen LogP) is 3.86. The molecule has 0 saturated heterocycles. The van der Waals surface area contributed by atoms with Crippen molar-refractivity contribution in [2.75, 3.05) is 5.73 Å². The van der Waals surface area contributed by atoms with Gasteiger partial charge in [0.1, 0.15) is 5.82 Å². The van der Waals surface area contributed by atoms with Crippen LogP contribution >= 0.6 is 0 Å². The first-order chi connectivity index (χ1) is 15.0. The molecule has 2 heterocycles. The molecule has 0 radical (unpaired) electrons. The van der Waals surface area contributed by atoms with E-state index in [9.17, 15) is 9.59 Å². The van der Waals surface area contributed by atoms with E-state index in [1.807, 2.05) is 42.1 Å². The zero-order valence-corrected chi connectivity index (χ0v) is 16.9. The number of nitrogens with zero attached hydrogens (tertiary/aromatic N) is 3. The number of aromatic nitrogens is 3. The van der Waals surface area contributed by atoms with E-state index in [0.717, 1.165) is 54.0 Å². The van der Waals surface area contributed by atoms with E-state index in [2.05, 4.69) is 23.2 Å². The van der Waals surface area contributed by atoms with E-state index in [0.29, 0.717) is 10.8 Å². The number of pyridine rings is 1. The fourth-order valence-corrected chi connectivity index (χ4v) is 5.41. The van der Waals surface area contributed by atoms with E-state index < -0.39 is 0 Å². The van der Waals surface area contributed by atoms with Crippen LogP contribution in [0.15, 0.2) is 58.1 Å². The summed E-state index contributed by atoms with van der Waals surface area (Å²) in [5, 5.41) is 10.2. The maximum Gasteiger partial charge on any atom is 0.279 e. The Kier molecular flexibility index (Phi) is 2.73. The van der Waals surface area contributed by atoms with Gasteiger partial charge in [0.05, 0.1) is 16.3 Å². The van der Waals surface area contributed by atoms with Crippen molar-refractivity contribution in [3.63, 3.8) is 0 Å². The van der Waals surface area contributed by atoms with Crippen molar-refractivity contribution in [1.82, 2.24) is 14.3 Å². The van der Waals surface area contributed by atoms with Gasteiger partial charge in [-0.3, -0.25) is 19.0 Å². The molecule has 2 N–H and O–H groups in total. The summed E-state index contributed by atoms with van der Waals surface area (Å²) < 4.78 is 3.53. The molecule has 148 valence electrons. The van der Waals surface area contributed by atoms with Gasteiger partial charge in [-0.1, -0.05) is 24.3 Å². The van der Waals surface area contributed by atoms with E-state index in [1.165, 1.54) is 0 Å². The minimum absolute atomic E-state index is 0.0238. The normalized spacial score (nSPS) is 12.6. The molecule has 5 aromatic carbocycles. The molecule has 0 aliphatic heterocycles. The van der Waals surface area contributed by atoms with Gasteiger partial charge in [0.2, 0.25) is 0 Å². The zero-order chi connectivity index (χ0) is 21.2. The average molecular weight is 404 g/mol. The standard InChI is InChI=1S/C25H16N4O2/c1-28-18-10-9-14-11-3-6-15-21-16(24(30)27-23(15)26)7-4-12(19(11)21)13-5-8-17(22(18)20(13)14)25(31)29(28)2/h3-10H,1-2H3,(H2,26,27,30). The second kappa shape index (κ2) is 5.10. The lowest BCUT2D eigenvalue weighted by Crippen LogP contribution is -2.26. The lowest BCUT2D eigenvalue weighted by Gasteiger charge is -2.20. The van der Waals surface area contributed by atoms with Gasteiger partial charge < -0.3 is 5.73 Å². The molecular formula is C25H16N4O2. The summed E-state index contributed by atoms with van der Waals surface area (Å²) in [5.74, 6) is 0.257. The largest absolute Gasteiger partial charge is 0.383 e. The van der Waals surface area contributed by atoms with Crippen LogP contribution in [0, 0.1) is 0 Å². The minimum atomic E-state index is -0.306. The number of nitrogens with two attached hydrogens (primary N) is 1. The molecule has 31 heavy (non-hydrogen) atoms. The van der Waals surface area contributed by atoms with E-state index in [-0.39, 0.29) is 16.9 Å². The number of rotatable bonds is 0. The highest BCUT2D eigenvalue weighted by Crippen LogP contribution is 2.44. The van der Waals surface area contributed by atoms with Crippen LogP contribution in [-0.4, -0.2) is 14.3 Å². The Hall–Kier alpha value is -4.19. The maximum absolute atomic E-state index is 13.0. The van der Waals surface area contributed by atoms with Crippen LogP contribution in [0.3, 0.4) is 0 Å². The highest BCUT2D eigenvalue weighted by molar-refractivity contribution is 6.39. The van der Waals surface area contributed by atoms with Crippen molar-refractivity contribution in [3.8, 4) is 0 Å². The highest BCUT2D eigenvalue weighted by atomic mass is 16.1. The molecule has 0 saturated carbocycles. The molecule has 2 aromatic heterocycles. The molecule has 6 nitrogen and oxygen atoms in total. The molecule has 6 heteroatoms. The van der Waals surface area contributed by atoms with Crippen LogP contribution in [0.4, 0.5) is 5.82 Å². The molecular weight excluding hydrogens is 388 g/mol. The summed E-state index contributed by atoms with van der Waals surface area (Å²) in [4.78, 5) is 29.6. The Morgan fingerprint density at radius 1 is 0.613 bits per heavy atom. The van der Waals surface area contributed by atoms with Crippen molar-refractivity contribution < 1.29 is 0 Å². The van der Waals surface area contributed by atoms with Crippen molar-refractivity contribution in [2.24, 2.45) is 14.1 Å². The minimum Gasteiger partial charge on any atom is -0.383 e. The first kappa shape index (κ1) is 16.6. The van der Waals surface area contributed by atoms with E-state index in [1.54, 1.807) is 11.7 Å². The smallest absolute Gasteiger partial charge is 0.279 e. The number of aryl methyl sites for hydroxylation is 1. The lowest BCUT2D eigenvalue weighted by atomic mass is 9.86. The number of nitrogen functional groups attached to an aromatic ring is 1. The molecule has 0 atom stereocenters. The van der Waals surface area contributed by atoms with Gasteiger partial charge in [0.15, 0.2) is 0 Å². The fourth-order valence-electron chi connectivity index (χ4n) is 5.41.